The van der Waals surface area contributed by atoms with E-state index in [-0.39, 0.29) is 37.3 Å². The zero-order chi connectivity index (χ0) is 54.9. The number of amides is 1. The number of hydrogen-bond donors (Lipinski definition) is 6. The third kappa shape index (κ3) is 13.0. The topological polar surface area (TPSA) is 252 Å². The highest BCUT2D eigenvalue weighted by Gasteiger charge is 2.53. The predicted octanol–water partition coefficient (Wildman–Crippen LogP) is 2.79. The fourth-order valence-electron chi connectivity index (χ4n) is 12.2. The van der Waals surface area contributed by atoms with Gasteiger partial charge in [-0.05, 0) is 106 Å². The van der Waals surface area contributed by atoms with Crippen molar-refractivity contribution < 1.29 is 68.3 Å². The molecule has 0 unspecified atom stereocenters. The first kappa shape index (κ1) is 58.8. The molecular formula is C54H87N7O14. The second-order valence-electron chi connectivity index (χ2n) is 23.0. The van der Waals surface area contributed by atoms with Crippen LogP contribution in [0.3, 0.4) is 0 Å². The first-order valence-corrected chi connectivity index (χ1v) is 26.9. The molecule has 7 rings (SSSR count). The van der Waals surface area contributed by atoms with Gasteiger partial charge in [-0.25, -0.2) is 9.48 Å². The van der Waals surface area contributed by atoms with E-state index in [9.17, 15) is 35.1 Å². The largest absolute Gasteiger partial charge is 0.459 e. The molecule has 1 aromatic heterocycles. The number of likely N-dealkylation sites (N-methyl/N-ethyl adjacent to an activating group) is 2. The summed E-state index contributed by atoms with van der Waals surface area (Å²) in [6.07, 6.45) is 3.90. The lowest BCUT2D eigenvalue weighted by Gasteiger charge is -2.49. The average Bonchev–Trinajstić information content (AvgIpc) is 3.98. The van der Waals surface area contributed by atoms with E-state index in [1.807, 2.05) is 87.4 Å². The Morgan fingerprint density at radius 1 is 0.947 bits per heavy atom. The van der Waals surface area contributed by atoms with Gasteiger partial charge in [-0.15, -0.1) is 5.10 Å². The summed E-state index contributed by atoms with van der Waals surface area (Å²) in [5.41, 5.74) is -2.06. The molecule has 21 heteroatoms. The number of fused-ring (bicyclic) bond motifs is 1. The van der Waals surface area contributed by atoms with Gasteiger partial charge in [-0.3, -0.25) is 9.69 Å². The number of ether oxygens (including phenoxy) is 7. The number of nitrogens with zero attached hydrogens (tertiary/aromatic N) is 6. The normalized spacial score (nSPS) is 42.5. The lowest BCUT2D eigenvalue weighted by atomic mass is 9.77. The molecule has 75 heavy (non-hydrogen) atoms. The Balaban J connectivity index is 1.09. The van der Waals surface area contributed by atoms with Crippen LogP contribution in [0, 0.1) is 17.8 Å². The molecule has 0 bridgehead atoms. The van der Waals surface area contributed by atoms with E-state index in [1.165, 1.54) is 14.0 Å². The number of dihydropyridines is 1. The lowest BCUT2D eigenvalue weighted by molar-refractivity contribution is -0.318. The summed E-state index contributed by atoms with van der Waals surface area (Å²) in [6, 6.07) is -1.05. The summed E-state index contributed by atoms with van der Waals surface area (Å²) in [6.45, 7) is 19.1. The van der Waals surface area contributed by atoms with Crippen LogP contribution in [0.2, 0.25) is 0 Å². The van der Waals surface area contributed by atoms with Gasteiger partial charge >= 0.3 is 12.1 Å². The summed E-state index contributed by atoms with van der Waals surface area (Å²) >= 11 is 0. The van der Waals surface area contributed by atoms with Crippen molar-refractivity contribution in [1.29, 1.82) is 0 Å². The van der Waals surface area contributed by atoms with E-state index < -0.39 is 114 Å². The van der Waals surface area contributed by atoms with Crippen molar-refractivity contribution in [2.24, 2.45) is 17.8 Å². The first-order chi connectivity index (χ1) is 35.3. The number of methoxy groups -OCH3 is 1. The van der Waals surface area contributed by atoms with Crippen molar-refractivity contribution in [3.63, 3.8) is 0 Å². The van der Waals surface area contributed by atoms with Gasteiger partial charge in [0, 0.05) is 62.8 Å². The van der Waals surface area contributed by atoms with Crippen molar-refractivity contribution in [2.45, 2.75) is 210 Å². The minimum atomic E-state index is -1.85. The summed E-state index contributed by atoms with van der Waals surface area (Å²) in [4.78, 5) is 33.2. The molecule has 6 heterocycles. The number of nitrogens with one attached hydrogen (secondary N) is 1. The highest BCUT2D eigenvalue weighted by molar-refractivity contribution is 5.75. The fraction of sp³-hybridized carbons (Fsp3) is 0.778. The SMILES string of the molecule is CC[C@H]1OC(=O)[C@H](C)[C@@H](O[C@H]2C[C@@](C)(OC)[C@@H](O)[C@H](C)O2)[C@H](C)[C@@H](O[C@@H]2O[C@H](C)C[C@H](N(C)CCc3cn(C[C@H]4CN(C5=CC=C[C@@H]6NC=CC=C56)C(=O)O4)nn3)[C@H]2O)[C@](C)(O)C[C@@H](C)CN(C)[C@H](C)[C@@H](O)[C@]1(C)O. The van der Waals surface area contributed by atoms with Gasteiger partial charge in [0.15, 0.2) is 12.6 Å². The second-order valence-corrected chi connectivity index (χ2v) is 23.0. The van der Waals surface area contributed by atoms with Crippen LogP contribution in [0.5, 0.6) is 0 Å². The van der Waals surface area contributed by atoms with E-state index >= 15 is 0 Å². The maximum absolute atomic E-state index is 14.5. The van der Waals surface area contributed by atoms with Gasteiger partial charge in [-0.2, -0.15) is 0 Å². The third-order valence-corrected chi connectivity index (χ3v) is 16.8. The quantitative estimate of drug-likeness (QED) is 0.155. The van der Waals surface area contributed by atoms with Gasteiger partial charge in [0.05, 0.1) is 72.1 Å². The number of aliphatic hydroxyl groups excluding tert-OH is 3. The van der Waals surface area contributed by atoms with Crippen LogP contribution in [-0.2, 0) is 50.9 Å². The Morgan fingerprint density at radius 2 is 1.68 bits per heavy atom. The minimum Gasteiger partial charge on any atom is -0.459 e. The Labute approximate surface area is 442 Å². The number of esters is 1. The summed E-state index contributed by atoms with van der Waals surface area (Å²) in [7, 11) is 5.25. The minimum absolute atomic E-state index is 0.0148. The van der Waals surface area contributed by atoms with Gasteiger partial charge in [-0.1, -0.05) is 44.2 Å². The van der Waals surface area contributed by atoms with Crippen molar-refractivity contribution in [3.8, 4) is 0 Å². The van der Waals surface area contributed by atoms with Gasteiger partial charge in [0.2, 0.25) is 0 Å². The van der Waals surface area contributed by atoms with Crippen molar-refractivity contribution >= 4 is 12.1 Å². The molecule has 0 saturated carbocycles. The van der Waals surface area contributed by atoms with Gasteiger partial charge < -0.3 is 73.8 Å². The molecule has 4 saturated heterocycles. The molecule has 6 aliphatic rings. The standard InChI is InChI=1S/C54H87N7O14/c1-14-42-54(10,68)46(63)34(6)59(12)26-30(2)24-52(8,67)48(32(4)45(33(5)49(65)73-42)74-43-25-53(9,69-13)47(64)35(7)71-43)75-50-44(62)41(23-31(3)70-50)58(11)22-20-36-27-60(57-56-36)28-37-29-61(51(66)72-37)40-19-15-18-39-38(40)17-16-21-55-39/h15-19,21,27,30-35,37,39,41-48,50,55,62-64,67-68H,14,20,22-26,28-29H2,1-13H3/t30-,31-,32+,33-,34-,35+,37+,39+,41+,42-,43+,44-,45+,46-,47+,48-,50+,52-,53-,54-/m1/s1. The molecule has 0 spiro atoms. The molecule has 6 N–H and O–H groups in total. The molecule has 1 aromatic rings. The fourth-order valence-corrected chi connectivity index (χ4v) is 12.2. The Kier molecular flexibility index (Phi) is 18.9. The number of cyclic esters (lactones) is 2. The van der Waals surface area contributed by atoms with Crippen LogP contribution in [0.1, 0.15) is 101 Å². The van der Waals surface area contributed by atoms with E-state index in [0.717, 1.165) is 11.3 Å². The summed E-state index contributed by atoms with van der Waals surface area (Å²) < 4.78 is 45.8. The maximum Gasteiger partial charge on any atom is 0.414 e. The Bertz CT molecular complexity index is 2240. The monoisotopic (exact) mass is 1060 g/mol. The van der Waals surface area contributed by atoms with E-state index in [2.05, 4.69) is 15.6 Å². The van der Waals surface area contributed by atoms with Crippen LogP contribution in [0.4, 0.5) is 4.79 Å². The van der Waals surface area contributed by atoms with Crippen LogP contribution in [-0.4, -0.2) is 211 Å². The number of rotatable bonds is 13. The first-order valence-electron chi connectivity index (χ1n) is 26.9. The third-order valence-electron chi connectivity index (χ3n) is 16.8. The highest BCUT2D eigenvalue weighted by Crippen LogP contribution is 2.41. The molecular weight excluding hydrogens is 971 g/mol. The number of aromatic nitrogens is 3. The van der Waals surface area contributed by atoms with Crippen molar-refractivity contribution in [2.75, 3.05) is 40.8 Å². The highest BCUT2D eigenvalue weighted by atomic mass is 16.7. The number of hydrogen-bond acceptors (Lipinski definition) is 19. The van der Waals surface area contributed by atoms with E-state index in [1.54, 1.807) is 51.1 Å². The molecule has 1 aliphatic carbocycles. The van der Waals surface area contributed by atoms with Gasteiger partial charge in [0.1, 0.15) is 36.1 Å². The number of carbonyl (C=O) groups is 2. The van der Waals surface area contributed by atoms with Gasteiger partial charge in [0.25, 0.3) is 0 Å². The molecule has 1 amide bonds. The summed E-state index contributed by atoms with van der Waals surface area (Å²) in [5.74, 6) is -2.83. The number of allylic oxidation sites excluding steroid dienone is 4. The van der Waals surface area contributed by atoms with Crippen LogP contribution in [0.15, 0.2) is 54.0 Å². The molecule has 422 valence electrons. The molecule has 20 atom stereocenters. The molecule has 4 fully saturated rings. The van der Waals surface area contributed by atoms with Crippen LogP contribution >= 0.6 is 0 Å². The number of aliphatic hydroxyl groups is 5. The van der Waals surface area contributed by atoms with Crippen molar-refractivity contribution in [3.05, 3.63) is 59.7 Å². The Hall–Kier alpha value is -3.84. The Morgan fingerprint density at radius 3 is 2.39 bits per heavy atom. The van der Waals surface area contributed by atoms with E-state index in [0.29, 0.717) is 44.7 Å². The number of carbonyl (C=O) groups excluding carboxylic acids is 2. The molecule has 5 aliphatic heterocycles. The lowest BCUT2D eigenvalue weighted by Crippen LogP contribution is -2.61. The second kappa shape index (κ2) is 24.0. The smallest absolute Gasteiger partial charge is 0.414 e. The predicted molar refractivity (Wildman–Crippen MR) is 275 cm³/mol. The van der Waals surface area contributed by atoms with Crippen LogP contribution in [0.25, 0.3) is 0 Å². The zero-order valence-corrected chi connectivity index (χ0v) is 46.3. The van der Waals surface area contributed by atoms with Crippen LogP contribution < -0.4 is 5.32 Å². The van der Waals surface area contributed by atoms with Crippen molar-refractivity contribution in [1.82, 2.24) is 35.0 Å². The molecule has 0 radical (unpaired) electrons. The summed E-state index contributed by atoms with van der Waals surface area (Å²) in [5, 5.41) is 71.9. The zero-order valence-electron chi connectivity index (χ0n) is 46.3. The maximum atomic E-state index is 14.5. The average molecular weight is 1060 g/mol. The van der Waals surface area contributed by atoms with E-state index in [4.69, 9.17) is 33.2 Å². The molecule has 0 aromatic carbocycles. The molecule has 21 nitrogen and oxygen atoms in total.